The Kier molecular flexibility index (Phi) is 2.94. The number of ketones is 2. The molecule has 0 aromatic heterocycles. The van der Waals surface area contributed by atoms with Gasteiger partial charge in [0.2, 0.25) is 11.6 Å². The summed E-state index contributed by atoms with van der Waals surface area (Å²) >= 11 is 0. The molecule has 0 aromatic carbocycles. The van der Waals surface area contributed by atoms with Gasteiger partial charge in [-0.25, -0.2) is 0 Å². The minimum absolute atomic E-state index is 0. The van der Waals surface area contributed by atoms with Gasteiger partial charge in [-0.2, -0.15) is 8.78 Å². The normalized spacial score (nSPS) is 25.2. The first-order valence-corrected chi connectivity index (χ1v) is 3.70. The van der Waals surface area contributed by atoms with Crippen LogP contribution in [-0.4, -0.2) is 23.0 Å². The SMILES string of the molecule is CC1(C)CC(=O)C(F)(F)C(=O)C1.O. The predicted molar refractivity (Wildman–Crippen MR) is 41.6 cm³/mol. The number of hydrogen-bond acceptors (Lipinski definition) is 2. The Bertz CT molecular complexity index is 224. The predicted octanol–water partition coefficient (Wildman–Crippen LogP) is 0.755. The Morgan fingerprint density at radius 1 is 1.08 bits per heavy atom. The average Bonchev–Trinajstić information content (AvgIpc) is 1.82. The molecule has 1 rings (SSSR count). The molecule has 0 atom stereocenters. The Balaban J connectivity index is 0.00000144. The summed E-state index contributed by atoms with van der Waals surface area (Å²) in [5, 5.41) is 0. The van der Waals surface area contributed by atoms with Crippen LogP contribution in [0.3, 0.4) is 0 Å². The first kappa shape index (κ1) is 12.2. The van der Waals surface area contributed by atoms with Gasteiger partial charge in [0.1, 0.15) is 0 Å². The second kappa shape index (κ2) is 3.14. The van der Waals surface area contributed by atoms with E-state index >= 15 is 0 Å². The standard InChI is InChI=1S/C8H10F2O2.H2O/c1-7(2)3-5(11)8(9,10)6(12)4-7;/h3-4H2,1-2H3;1H2. The lowest BCUT2D eigenvalue weighted by Gasteiger charge is -2.31. The molecule has 0 spiro atoms. The van der Waals surface area contributed by atoms with Gasteiger partial charge in [0.05, 0.1) is 0 Å². The van der Waals surface area contributed by atoms with E-state index < -0.39 is 22.9 Å². The van der Waals surface area contributed by atoms with Crippen LogP contribution in [0.4, 0.5) is 8.78 Å². The van der Waals surface area contributed by atoms with Crippen molar-refractivity contribution in [2.24, 2.45) is 5.41 Å². The maximum absolute atomic E-state index is 12.6. The first-order valence-electron chi connectivity index (χ1n) is 3.70. The van der Waals surface area contributed by atoms with Crippen molar-refractivity contribution < 1.29 is 23.8 Å². The van der Waals surface area contributed by atoms with E-state index in [4.69, 9.17) is 0 Å². The van der Waals surface area contributed by atoms with Gasteiger partial charge in [-0.1, -0.05) is 13.8 Å². The third-order valence-corrected chi connectivity index (χ3v) is 1.98. The van der Waals surface area contributed by atoms with Crippen LogP contribution in [0.25, 0.3) is 0 Å². The van der Waals surface area contributed by atoms with E-state index in [9.17, 15) is 18.4 Å². The molecule has 5 heteroatoms. The highest BCUT2D eigenvalue weighted by molar-refractivity contribution is 6.10. The summed E-state index contributed by atoms with van der Waals surface area (Å²) in [6.07, 6.45) is -0.433. The molecule has 0 bridgehead atoms. The van der Waals surface area contributed by atoms with Gasteiger partial charge in [-0.05, 0) is 5.41 Å². The topological polar surface area (TPSA) is 65.6 Å². The number of carbonyl (C=O) groups excluding carboxylic acids is 2. The van der Waals surface area contributed by atoms with E-state index in [0.717, 1.165) is 0 Å². The maximum Gasteiger partial charge on any atom is 0.362 e. The highest BCUT2D eigenvalue weighted by Gasteiger charge is 2.53. The van der Waals surface area contributed by atoms with Crippen molar-refractivity contribution in [2.45, 2.75) is 32.6 Å². The number of halogens is 2. The quantitative estimate of drug-likeness (QED) is 0.534. The summed E-state index contributed by atoms with van der Waals surface area (Å²) in [7, 11) is 0. The molecule has 76 valence electrons. The van der Waals surface area contributed by atoms with Crippen molar-refractivity contribution in [3.05, 3.63) is 0 Å². The van der Waals surface area contributed by atoms with E-state index in [-0.39, 0.29) is 18.3 Å². The van der Waals surface area contributed by atoms with Gasteiger partial charge in [-0.3, -0.25) is 9.59 Å². The van der Waals surface area contributed by atoms with Crippen LogP contribution in [-0.2, 0) is 9.59 Å². The number of hydrogen-bond donors (Lipinski definition) is 0. The van der Waals surface area contributed by atoms with Gasteiger partial charge in [0.25, 0.3) is 0 Å². The second-order valence-corrected chi connectivity index (χ2v) is 3.94. The Hall–Kier alpha value is -0.840. The lowest BCUT2D eigenvalue weighted by molar-refractivity contribution is -0.164. The summed E-state index contributed by atoms with van der Waals surface area (Å²) in [5.74, 6) is -6.22. The largest absolute Gasteiger partial charge is 0.412 e. The van der Waals surface area contributed by atoms with Crippen LogP contribution in [0.1, 0.15) is 26.7 Å². The summed E-state index contributed by atoms with van der Waals surface area (Å²) in [6, 6.07) is 0. The van der Waals surface area contributed by atoms with Gasteiger partial charge < -0.3 is 5.48 Å². The number of rotatable bonds is 0. The monoisotopic (exact) mass is 194 g/mol. The molecule has 2 N–H and O–H groups in total. The fourth-order valence-electron chi connectivity index (χ4n) is 1.31. The summed E-state index contributed by atoms with van der Waals surface area (Å²) in [5.41, 5.74) is -0.601. The smallest absolute Gasteiger partial charge is 0.362 e. The van der Waals surface area contributed by atoms with Crippen molar-refractivity contribution >= 4 is 11.6 Å². The van der Waals surface area contributed by atoms with Crippen LogP contribution in [0.15, 0.2) is 0 Å². The summed E-state index contributed by atoms with van der Waals surface area (Å²) in [6.45, 7) is 3.27. The maximum atomic E-state index is 12.6. The molecule has 0 unspecified atom stereocenters. The highest BCUT2D eigenvalue weighted by Crippen LogP contribution is 2.38. The summed E-state index contributed by atoms with van der Waals surface area (Å²) in [4.78, 5) is 21.5. The van der Waals surface area contributed by atoms with Crippen LogP contribution in [0, 0.1) is 5.41 Å². The molecule has 0 saturated heterocycles. The number of alkyl halides is 2. The highest BCUT2D eigenvalue weighted by atomic mass is 19.3. The van der Waals surface area contributed by atoms with Gasteiger partial charge in [0.15, 0.2) is 0 Å². The van der Waals surface area contributed by atoms with Crippen LogP contribution < -0.4 is 0 Å². The average molecular weight is 194 g/mol. The second-order valence-electron chi connectivity index (χ2n) is 3.94. The van der Waals surface area contributed by atoms with Crippen LogP contribution in [0.2, 0.25) is 0 Å². The Morgan fingerprint density at radius 3 is 1.69 bits per heavy atom. The molecule has 1 saturated carbocycles. The number of Topliss-reactive ketones (excluding diaryl/α,β-unsaturated/α-hetero) is 2. The Morgan fingerprint density at radius 2 is 1.38 bits per heavy atom. The number of carbonyl (C=O) groups is 2. The molecule has 0 amide bonds. The van der Waals surface area contributed by atoms with Gasteiger partial charge >= 0.3 is 5.92 Å². The molecular formula is C8H12F2O3. The third kappa shape index (κ3) is 2.09. The molecule has 1 aliphatic rings. The lowest BCUT2D eigenvalue weighted by Crippen LogP contribution is -2.47. The molecule has 0 aromatic rings. The fraction of sp³-hybridized carbons (Fsp3) is 0.750. The van der Waals surface area contributed by atoms with Crippen molar-refractivity contribution in [2.75, 3.05) is 0 Å². The molecule has 1 aliphatic carbocycles. The summed E-state index contributed by atoms with van der Waals surface area (Å²) < 4.78 is 25.3. The van der Waals surface area contributed by atoms with Gasteiger partial charge in [-0.15, -0.1) is 0 Å². The minimum Gasteiger partial charge on any atom is -0.412 e. The minimum atomic E-state index is -3.73. The van der Waals surface area contributed by atoms with Crippen molar-refractivity contribution in [1.29, 1.82) is 0 Å². The molecule has 0 radical (unpaired) electrons. The van der Waals surface area contributed by atoms with E-state index in [2.05, 4.69) is 0 Å². The lowest BCUT2D eigenvalue weighted by atomic mass is 9.74. The van der Waals surface area contributed by atoms with Crippen LogP contribution in [0.5, 0.6) is 0 Å². The molecule has 0 heterocycles. The third-order valence-electron chi connectivity index (χ3n) is 1.98. The molecule has 13 heavy (non-hydrogen) atoms. The zero-order valence-corrected chi connectivity index (χ0v) is 7.49. The zero-order chi connectivity index (χ0) is 9.57. The van der Waals surface area contributed by atoms with Crippen molar-refractivity contribution in [3.63, 3.8) is 0 Å². The van der Waals surface area contributed by atoms with E-state index in [1.807, 2.05) is 0 Å². The van der Waals surface area contributed by atoms with E-state index in [1.54, 1.807) is 13.8 Å². The molecule has 3 nitrogen and oxygen atoms in total. The van der Waals surface area contributed by atoms with Crippen molar-refractivity contribution in [1.82, 2.24) is 0 Å². The molecule has 0 aliphatic heterocycles. The zero-order valence-electron chi connectivity index (χ0n) is 7.49. The molecular weight excluding hydrogens is 182 g/mol. The van der Waals surface area contributed by atoms with Crippen molar-refractivity contribution in [3.8, 4) is 0 Å². The van der Waals surface area contributed by atoms with Crippen LogP contribution >= 0.6 is 0 Å². The Labute approximate surface area is 74.4 Å². The molecule has 1 fully saturated rings. The van der Waals surface area contributed by atoms with E-state index in [1.165, 1.54) is 0 Å². The first-order chi connectivity index (χ1) is 5.26. The fourth-order valence-corrected chi connectivity index (χ4v) is 1.31. The van der Waals surface area contributed by atoms with E-state index in [0.29, 0.717) is 0 Å². The van der Waals surface area contributed by atoms with Gasteiger partial charge in [0, 0.05) is 12.8 Å².